The summed E-state index contributed by atoms with van der Waals surface area (Å²) in [4.78, 5) is 62.6. The number of amides is 2. The SMILES string of the molecule is C[C@@H]([C@H](O)[C@H](C)CO)[C@@H](O)CN(C)C(=O)CCC1C(=O)OC2CN(C)CCNC(CCC(=O)NCC[C@@H](O)C[C@H](O)CO)C(=O)OCCc3cccc(n3)CN1C2. The molecule has 3 rings (SSSR count). The fraction of sp³-hybridized carbons (Fsp3) is 0.769. The summed E-state index contributed by atoms with van der Waals surface area (Å²) in [5.41, 5.74) is 1.37. The highest BCUT2D eigenvalue weighted by atomic mass is 16.6. The molecular weight excluding hydrogens is 744 g/mol. The Kier molecular flexibility index (Phi) is 20.7. The first-order chi connectivity index (χ1) is 27.1. The molecule has 2 aliphatic heterocycles. The van der Waals surface area contributed by atoms with E-state index in [2.05, 4.69) is 10.6 Å². The first-order valence-electron chi connectivity index (χ1n) is 20.0. The molecule has 0 aromatic carbocycles. The molecule has 2 aliphatic rings. The molecule has 0 radical (unpaired) electrons. The fourth-order valence-electron chi connectivity index (χ4n) is 6.98. The number of nitrogens with zero attached hydrogens (tertiary/aromatic N) is 4. The van der Waals surface area contributed by atoms with E-state index < -0.39 is 73.0 Å². The van der Waals surface area contributed by atoms with Gasteiger partial charge in [-0.25, -0.2) is 0 Å². The lowest BCUT2D eigenvalue weighted by Crippen LogP contribution is -2.55. The number of hydrogen-bond acceptors (Lipinski definition) is 16. The molecule has 1 aromatic heterocycles. The van der Waals surface area contributed by atoms with Crippen LogP contribution in [0.4, 0.5) is 0 Å². The van der Waals surface area contributed by atoms with Crippen molar-refractivity contribution in [1.82, 2.24) is 30.3 Å². The minimum Gasteiger partial charge on any atom is -0.464 e. The highest BCUT2D eigenvalue weighted by molar-refractivity contribution is 5.80. The normalized spacial score (nSPS) is 24.5. The van der Waals surface area contributed by atoms with Crippen LogP contribution in [-0.4, -0.2) is 190 Å². The lowest BCUT2D eigenvalue weighted by molar-refractivity contribution is -0.168. The number of esters is 2. The number of pyridine rings is 1. The second kappa shape index (κ2) is 24.6. The third-order valence-electron chi connectivity index (χ3n) is 10.7. The van der Waals surface area contributed by atoms with Crippen molar-refractivity contribution in [3.63, 3.8) is 0 Å². The van der Waals surface area contributed by atoms with Gasteiger partial charge in [-0.05, 0) is 38.4 Å². The van der Waals surface area contributed by atoms with Crippen molar-refractivity contribution in [2.75, 3.05) is 73.2 Å². The summed E-state index contributed by atoms with van der Waals surface area (Å²) in [5, 5.41) is 64.8. The van der Waals surface area contributed by atoms with Gasteiger partial charge in [0.1, 0.15) is 18.2 Å². The van der Waals surface area contributed by atoms with Crippen molar-refractivity contribution in [2.45, 2.75) is 108 Å². The molecule has 4 unspecified atom stereocenters. The second-order valence-electron chi connectivity index (χ2n) is 15.6. The van der Waals surface area contributed by atoms with Crippen LogP contribution in [0.2, 0.25) is 0 Å². The number of aliphatic hydroxyl groups excluding tert-OH is 6. The van der Waals surface area contributed by atoms with Crippen molar-refractivity contribution < 1.29 is 59.3 Å². The molecule has 8 N–H and O–H groups in total. The number of carbonyl (C=O) groups excluding carboxylic acids is 4. The molecule has 1 fully saturated rings. The summed E-state index contributed by atoms with van der Waals surface area (Å²) < 4.78 is 11.5. The molecule has 2 amide bonds. The standard InChI is InChI=1S/C39H66N6O12/c1-25(23-46)37(53)26(2)34(50)22-44(4)36(52)11-9-33-39(55)57-31-20-43(3)16-15-40-32(8-10-35(51)41-14-12-29(48)18-30(49)24-47)38(54)56-17-13-27-6-5-7-28(42-27)19-45(33)21-31/h5-7,25-26,29-34,37,40,46-50,53H,8-24H2,1-4H3,(H,41,51)/t25-,26-,29-,30+,31?,32?,33?,34+,37-/m1/s1. The fourth-order valence-corrected chi connectivity index (χ4v) is 6.98. The van der Waals surface area contributed by atoms with Crippen LogP contribution in [0.5, 0.6) is 0 Å². The minimum absolute atomic E-state index is 0.00460. The lowest BCUT2D eigenvalue weighted by Gasteiger charge is -2.39. The Morgan fingerprint density at radius 2 is 1.75 bits per heavy atom. The summed E-state index contributed by atoms with van der Waals surface area (Å²) in [5.74, 6) is -2.56. The molecule has 0 spiro atoms. The van der Waals surface area contributed by atoms with E-state index in [9.17, 15) is 44.7 Å². The molecule has 0 aliphatic carbocycles. The number of aliphatic hydroxyl groups is 6. The predicted molar refractivity (Wildman–Crippen MR) is 207 cm³/mol. The van der Waals surface area contributed by atoms with E-state index in [1.54, 1.807) is 20.9 Å². The van der Waals surface area contributed by atoms with E-state index in [0.717, 1.165) is 0 Å². The Morgan fingerprint density at radius 3 is 2.47 bits per heavy atom. The maximum absolute atomic E-state index is 13.6. The van der Waals surface area contributed by atoms with E-state index >= 15 is 0 Å². The number of carbonyl (C=O) groups is 4. The zero-order valence-electron chi connectivity index (χ0n) is 33.9. The summed E-state index contributed by atoms with van der Waals surface area (Å²) in [6.07, 6.45) is -3.47. The molecule has 10 atom stereocenters. The number of likely N-dealkylation sites (N-methyl/N-ethyl adjacent to an activating group) is 2. The first kappa shape index (κ1) is 48.0. The highest BCUT2D eigenvalue weighted by Gasteiger charge is 2.38. The largest absolute Gasteiger partial charge is 0.464 e. The van der Waals surface area contributed by atoms with Gasteiger partial charge in [-0.3, -0.25) is 29.1 Å². The van der Waals surface area contributed by atoms with Crippen LogP contribution in [0.15, 0.2) is 18.2 Å². The Bertz CT molecular complexity index is 1410. The third kappa shape index (κ3) is 16.4. The number of fused-ring (bicyclic) bond motifs is 4. The first-order valence-corrected chi connectivity index (χ1v) is 20.0. The molecule has 18 nitrogen and oxygen atoms in total. The predicted octanol–water partition coefficient (Wildman–Crippen LogP) is -2.22. The van der Waals surface area contributed by atoms with E-state index in [0.29, 0.717) is 50.5 Å². The Morgan fingerprint density at radius 1 is 1.02 bits per heavy atom. The number of rotatable bonds is 18. The number of morpholine rings is 1. The van der Waals surface area contributed by atoms with Gasteiger partial charge in [0.05, 0.1) is 43.3 Å². The van der Waals surface area contributed by atoms with Gasteiger partial charge in [0.15, 0.2) is 0 Å². The zero-order valence-corrected chi connectivity index (χ0v) is 33.9. The van der Waals surface area contributed by atoms with Gasteiger partial charge < -0.3 is 60.5 Å². The van der Waals surface area contributed by atoms with Crippen LogP contribution in [-0.2, 0) is 41.6 Å². The van der Waals surface area contributed by atoms with E-state index in [1.165, 1.54) is 4.90 Å². The molecule has 4 bridgehead atoms. The topological polar surface area (TPSA) is 255 Å². The lowest BCUT2D eigenvalue weighted by atomic mass is 9.89. The van der Waals surface area contributed by atoms with E-state index in [4.69, 9.17) is 19.6 Å². The van der Waals surface area contributed by atoms with Crippen molar-refractivity contribution in [3.05, 3.63) is 29.6 Å². The highest BCUT2D eigenvalue weighted by Crippen LogP contribution is 2.22. The van der Waals surface area contributed by atoms with Crippen LogP contribution < -0.4 is 10.6 Å². The third-order valence-corrected chi connectivity index (χ3v) is 10.7. The van der Waals surface area contributed by atoms with Gasteiger partial charge in [0.25, 0.3) is 0 Å². The van der Waals surface area contributed by atoms with Gasteiger partial charge in [-0.15, -0.1) is 0 Å². The van der Waals surface area contributed by atoms with E-state index in [-0.39, 0.29) is 76.6 Å². The van der Waals surface area contributed by atoms with E-state index in [1.807, 2.05) is 35.0 Å². The molecule has 3 heterocycles. The molecule has 1 saturated heterocycles. The number of hydrogen-bond donors (Lipinski definition) is 8. The monoisotopic (exact) mass is 810 g/mol. The van der Waals surface area contributed by atoms with Gasteiger partial charge in [0, 0.05) is 103 Å². The van der Waals surface area contributed by atoms with Crippen LogP contribution in [0.1, 0.15) is 63.8 Å². The average Bonchev–Trinajstić information content (AvgIpc) is 3.17. The molecule has 57 heavy (non-hydrogen) atoms. The Balaban J connectivity index is 1.63. The average molecular weight is 811 g/mol. The zero-order chi connectivity index (χ0) is 42.1. The minimum atomic E-state index is -1.03. The van der Waals surface area contributed by atoms with Crippen molar-refractivity contribution >= 4 is 23.8 Å². The van der Waals surface area contributed by atoms with Crippen LogP contribution >= 0.6 is 0 Å². The van der Waals surface area contributed by atoms with Gasteiger partial charge >= 0.3 is 11.9 Å². The Labute approximate surface area is 335 Å². The number of nitrogens with one attached hydrogen (secondary N) is 2. The van der Waals surface area contributed by atoms with Crippen LogP contribution in [0, 0.1) is 11.8 Å². The maximum Gasteiger partial charge on any atom is 0.323 e. The molecule has 0 saturated carbocycles. The van der Waals surface area contributed by atoms with Crippen molar-refractivity contribution in [2.24, 2.45) is 11.8 Å². The summed E-state index contributed by atoms with van der Waals surface area (Å²) in [6, 6.07) is 4.01. The summed E-state index contributed by atoms with van der Waals surface area (Å²) in [6.45, 7) is 4.79. The summed E-state index contributed by atoms with van der Waals surface area (Å²) in [7, 11) is 3.43. The van der Waals surface area contributed by atoms with Crippen LogP contribution in [0.3, 0.4) is 0 Å². The quantitative estimate of drug-likeness (QED) is 0.0732. The molecular formula is C39H66N6O12. The number of cyclic esters (lactones) is 1. The maximum atomic E-state index is 13.6. The smallest absolute Gasteiger partial charge is 0.323 e. The van der Waals surface area contributed by atoms with Crippen molar-refractivity contribution in [3.8, 4) is 0 Å². The van der Waals surface area contributed by atoms with Crippen molar-refractivity contribution in [1.29, 1.82) is 0 Å². The summed E-state index contributed by atoms with van der Waals surface area (Å²) >= 11 is 0. The number of ether oxygens (including phenoxy) is 2. The van der Waals surface area contributed by atoms with Gasteiger partial charge in [-0.2, -0.15) is 0 Å². The number of aromatic nitrogens is 1. The van der Waals surface area contributed by atoms with Gasteiger partial charge in [0.2, 0.25) is 11.8 Å². The molecule has 1 aromatic rings. The van der Waals surface area contributed by atoms with Crippen LogP contribution in [0.25, 0.3) is 0 Å². The van der Waals surface area contributed by atoms with Gasteiger partial charge in [-0.1, -0.05) is 19.9 Å². The molecule has 18 heteroatoms. The molecule has 324 valence electrons. The Hall–Kier alpha value is -3.33. The second-order valence-corrected chi connectivity index (χ2v) is 15.6.